The van der Waals surface area contributed by atoms with E-state index in [1.807, 2.05) is 12.1 Å². The smallest absolute Gasteiger partial charge is 0.186 e. The lowest BCUT2D eigenvalue weighted by molar-refractivity contribution is 0.475. The highest BCUT2D eigenvalue weighted by Gasteiger charge is 2.20. The first-order chi connectivity index (χ1) is 8.83. The molecule has 0 saturated carbocycles. The third-order valence-electron chi connectivity index (χ3n) is 3.17. The lowest BCUT2D eigenvalue weighted by atomic mass is 10.1. The van der Waals surface area contributed by atoms with Gasteiger partial charge in [-0.1, -0.05) is 11.8 Å². The molecular weight excluding hydrogens is 326 g/mol. The fourth-order valence-corrected chi connectivity index (χ4v) is 3.11. The van der Waals surface area contributed by atoms with Gasteiger partial charge in [-0.2, -0.15) is 5.10 Å². The number of halogens is 1. The predicted octanol–water partition coefficient (Wildman–Crippen LogP) is 2.87. The van der Waals surface area contributed by atoms with E-state index >= 15 is 0 Å². The van der Waals surface area contributed by atoms with Gasteiger partial charge in [-0.15, -0.1) is 22.1 Å². The average molecular weight is 342 g/mol. The standard InChI is InChI=1S/C13H15N3OS.BrH/c17-11-5-3-10(4-6-11)12-9-18-13(15-14-12)16-7-1-2-8-16;/h3-6,17H,1-2,7-9H2;1H. The molecule has 19 heavy (non-hydrogen) atoms. The molecule has 0 atom stereocenters. The van der Waals surface area contributed by atoms with Crippen molar-refractivity contribution >= 4 is 39.6 Å². The van der Waals surface area contributed by atoms with Crippen LogP contribution in [0.4, 0.5) is 0 Å². The SMILES string of the molecule is Br.Oc1ccc(C2=NN=C(N3CCCC3)SC2)cc1. The number of hydrogen-bond acceptors (Lipinski definition) is 5. The maximum absolute atomic E-state index is 9.26. The van der Waals surface area contributed by atoms with Crippen molar-refractivity contribution in [1.29, 1.82) is 0 Å². The van der Waals surface area contributed by atoms with Crippen molar-refractivity contribution in [3.63, 3.8) is 0 Å². The Balaban J connectivity index is 0.00000133. The summed E-state index contributed by atoms with van der Waals surface area (Å²) in [5, 5.41) is 19.0. The number of amidine groups is 1. The Labute approximate surface area is 127 Å². The van der Waals surface area contributed by atoms with Crippen LogP contribution in [0.15, 0.2) is 34.5 Å². The van der Waals surface area contributed by atoms with Gasteiger partial charge in [-0.05, 0) is 42.7 Å². The van der Waals surface area contributed by atoms with Crippen LogP contribution in [0, 0.1) is 0 Å². The van der Waals surface area contributed by atoms with E-state index in [0.717, 1.165) is 35.3 Å². The topological polar surface area (TPSA) is 48.2 Å². The van der Waals surface area contributed by atoms with Crippen molar-refractivity contribution < 1.29 is 5.11 Å². The first-order valence-corrected chi connectivity index (χ1v) is 7.13. The number of phenols is 1. The largest absolute Gasteiger partial charge is 0.508 e. The zero-order valence-electron chi connectivity index (χ0n) is 10.5. The number of phenolic OH excluding ortho intramolecular Hbond substituents is 1. The number of hydrogen-bond donors (Lipinski definition) is 1. The van der Waals surface area contributed by atoms with E-state index in [-0.39, 0.29) is 22.7 Å². The summed E-state index contributed by atoms with van der Waals surface area (Å²) in [6, 6.07) is 7.13. The normalized spacial score (nSPS) is 18.6. The van der Waals surface area contributed by atoms with E-state index in [4.69, 9.17) is 0 Å². The van der Waals surface area contributed by atoms with Crippen molar-refractivity contribution in [3.05, 3.63) is 29.8 Å². The molecule has 1 aromatic rings. The van der Waals surface area contributed by atoms with Crippen LogP contribution in [0.1, 0.15) is 18.4 Å². The number of rotatable bonds is 1. The molecule has 0 aliphatic carbocycles. The maximum atomic E-state index is 9.26. The van der Waals surface area contributed by atoms with Gasteiger partial charge in [0.1, 0.15) is 5.75 Å². The summed E-state index contributed by atoms with van der Waals surface area (Å²) in [6.07, 6.45) is 2.52. The second-order valence-corrected chi connectivity index (χ2v) is 5.40. The lowest BCUT2D eigenvalue weighted by Crippen LogP contribution is -2.27. The Morgan fingerprint density at radius 1 is 1.05 bits per heavy atom. The van der Waals surface area contributed by atoms with Crippen LogP contribution in [0.3, 0.4) is 0 Å². The molecule has 102 valence electrons. The second kappa shape index (κ2) is 6.43. The third-order valence-corrected chi connectivity index (χ3v) is 4.19. The van der Waals surface area contributed by atoms with Crippen LogP contribution < -0.4 is 0 Å². The molecule has 1 aromatic carbocycles. The van der Waals surface area contributed by atoms with Crippen LogP contribution in [0.25, 0.3) is 0 Å². The van der Waals surface area contributed by atoms with Crippen LogP contribution >= 0.6 is 28.7 Å². The van der Waals surface area contributed by atoms with Gasteiger partial charge in [0.15, 0.2) is 5.17 Å². The van der Waals surface area contributed by atoms with E-state index < -0.39 is 0 Å². The molecule has 6 heteroatoms. The summed E-state index contributed by atoms with van der Waals surface area (Å²) >= 11 is 1.75. The van der Waals surface area contributed by atoms with E-state index in [0.29, 0.717) is 0 Å². The van der Waals surface area contributed by atoms with Gasteiger partial charge in [0.2, 0.25) is 0 Å². The molecule has 1 N–H and O–H groups in total. The Kier molecular flexibility index (Phi) is 4.87. The molecule has 1 fully saturated rings. The number of thioether (sulfide) groups is 1. The molecule has 1 saturated heterocycles. The molecule has 0 radical (unpaired) electrons. The molecule has 0 unspecified atom stereocenters. The monoisotopic (exact) mass is 341 g/mol. The minimum absolute atomic E-state index is 0. The van der Waals surface area contributed by atoms with Crippen molar-refractivity contribution in [1.82, 2.24) is 4.90 Å². The van der Waals surface area contributed by atoms with E-state index in [2.05, 4.69) is 15.1 Å². The minimum Gasteiger partial charge on any atom is -0.508 e. The first kappa shape index (κ1) is 14.4. The number of aromatic hydroxyl groups is 1. The molecule has 3 rings (SSSR count). The predicted molar refractivity (Wildman–Crippen MR) is 85.7 cm³/mol. The van der Waals surface area contributed by atoms with Crippen LogP contribution in [-0.2, 0) is 0 Å². The Morgan fingerprint density at radius 3 is 2.32 bits per heavy atom. The molecule has 2 aliphatic rings. The summed E-state index contributed by atoms with van der Waals surface area (Å²) < 4.78 is 0. The number of likely N-dealkylation sites (tertiary alicyclic amines) is 1. The molecular formula is C13H16BrN3OS. The molecule has 0 amide bonds. The van der Waals surface area contributed by atoms with Gasteiger partial charge in [0.25, 0.3) is 0 Å². The third kappa shape index (κ3) is 3.30. The summed E-state index contributed by atoms with van der Waals surface area (Å²) in [7, 11) is 0. The Morgan fingerprint density at radius 2 is 1.74 bits per heavy atom. The minimum atomic E-state index is 0. The van der Waals surface area contributed by atoms with Gasteiger partial charge < -0.3 is 10.0 Å². The molecule has 0 aromatic heterocycles. The number of nitrogens with zero attached hydrogens (tertiary/aromatic N) is 3. The van der Waals surface area contributed by atoms with Gasteiger partial charge in [-0.25, -0.2) is 0 Å². The van der Waals surface area contributed by atoms with Crippen LogP contribution in [0.2, 0.25) is 0 Å². The van der Waals surface area contributed by atoms with E-state index in [1.54, 1.807) is 23.9 Å². The van der Waals surface area contributed by atoms with E-state index in [9.17, 15) is 5.11 Å². The summed E-state index contributed by atoms with van der Waals surface area (Å²) in [5.41, 5.74) is 2.01. The molecule has 4 nitrogen and oxygen atoms in total. The lowest BCUT2D eigenvalue weighted by Gasteiger charge is -2.20. The van der Waals surface area contributed by atoms with Crippen molar-refractivity contribution in [2.75, 3.05) is 18.8 Å². The first-order valence-electron chi connectivity index (χ1n) is 6.14. The molecule has 2 aliphatic heterocycles. The maximum Gasteiger partial charge on any atom is 0.186 e. The number of benzene rings is 1. The fourth-order valence-electron chi connectivity index (χ4n) is 2.15. The highest BCUT2D eigenvalue weighted by atomic mass is 79.9. The van der Waals surface area contributed by atoms with Crippen LogP contribution in [0.5, 0.6) is 5.75 Å². The zero-order valence-corrected chi connectivity index (χ0v) is 13.0. The van der Waals surface area contributed by atoms with Gasteiger partial charge >= 0.3 is 0 Å². The summed E-state index contributed by atoms with van der Waals surface area (Å²) in [4.78, 5) is 2.31. The van der Waals surface area contributed by atoms with E-state index in [1.165, 1.54) is 12.8 Å². The summed E-state index contributed by atoms with van der Waals surface area (Å²) in [6.45, 7) is 2.21. The quantitative estimate of drug-likeness (QED) is 0.854. The van der Waals surface area contributed by atoms with Crippen molar-refractivity contribution in [2.45, 2.75) is 12.8 Å². The molecule has 0 spiro atoms. The second-order valence-electron chi connectivity index (χ2n) is 4.46. The van der Waals surface area contributed by atoms with Crippen LogP contribution in [-0.4, -0.2) is 39.7 Å². The van der Waals surface area contributed by atoms with Gasteiger partial charge in [0, 0.05) is 18.8 Å². The average Bonchev–Trinajstić information content (AvgIpc) is 2.94. The van der Waals surface area contributed by atoms with Crippen molar-refractivity contribution in [3.8, 4) is 5.75 Å². The van der Waals surface area contributed by atoms with Crippen molar-refractivity contribution in [2.24, 2.45) is 10.2 Å². The Bertz CT molecular complexity index is 495. The highest BCUT2D eigenvalue weighted by Crippen LogP contribution is 2.22. The van der Waals surface area contributed by atoms with Gasteiger partial charge in [-0.3, -0.25) is 0 Å². The molecule has 0 bridgehead atoms. The summed E-state index contributed by atoms with van der Waals surface area (Å²) in [5.74, 6) is 1.13. The molecule has 2 heterocycles. The zero-order chi connectivity index (χ0) is 12.4. The van der Waals surface area contributed by atoms with Gasteiger partial charge in [0.05, 0.1) is 5.71 Å². The Hall–Kier alpha value is -1.01. The fraction of sp³-hybridized carbons (Fsp3) is 0.385. The highest BCUT2D eigenvalue weighted by molar-refractivity contribution is 8.93.